The van der Waals surface area contributed by atoms with Crippen molar-refractivity contribution < 1.29 is 28.2 Å². The molecule has 1 atom stereocenters. The Balaban J connectivity index is 1.59. The standard InChI is InChI=1S/C32H32F2N4O4/c1-32(2,15-28(39)40)29(37-31(41)23-10-6-7-11-27(23)42-22-16-35-17-22)30-36-26(24-14-21(33)12-13-25(24)34)19-38(30)18-20-8-4-3-5-9-20/h3-14,19,22,29,35H,15-18H2,1-2H3,(H,37,41)(H,39,40). The Morgan fingerprint density at radius 1 is 1.10 bits per heavy atom. The van der Waals surface area contributed by atoms with Gasteiger partial charge in [0.25, 0.3) is 5.91 Å². The molecule has 42 heavy (non-hydrogen) atoms. The largest absolute Gasteiger partial charge is 0.487 e. The molecule has 1 aliphatic heterocycles. The van der Waals surface area contributed by atoms with Gasteiger partial charge in [0.1, 0.15) is 29.3 Å². The third-order valence-electron chi connectivity index (χ3n) is 7.30. The van der Waals surface area contributed by atoms with E-state index in [-0.39, 0.29) is 29.3 Å². The maximum absolute atomic E-state index is 14.9. The summed E-state index contributed by atoms with van der Waals surface area (Å²) in [5.41, 5.74) is 0.253. The molecule has 3 N–H and O–H groups in total. The number of carboxylic acids is 1. The molecule has 3 aromatic carbocycles. The van der Waals surface area contributed by atoms with Crippen LogP contribution < -0.4 is 15.4 Å². The van der Waals surface area contributed by atoms with Crippen molar-refractivity contribution in [2.45, 2.75) is 39.0 Å². The number of halogens is 2. The van der Waals surface area contributed by atoms with Crippen LogP contribution in [-0.2, 0) is 11.3 Å². The molecular formula is C32H32F2N4O4. The topological polar surface area (TPSA) is 105 Å². The van der Waals surface area contributed by atoms with Gasteiger partial charge in [0, 0.05) is 36.8 Å². The number of amides is 1. The van der Waals surface area contributed by atoms with Crippen molar-refractivity contribution in [3.8, 4) is 17.0 Å². The quantitative estimate of drug-likeness (QED) is 0.228. The van der Waals surface area contributed by atoms with Gasteiger partial charge in [0.05, 0.1) is 23.7 Å². The summed E-state index contributed by atoms with van der Waals surface area (Å²) in [7, 11) is 0. The van der Waals surface area contributed by atoms with Crippen molar-refractivity contribution in [2.24, 2.45) is 5.41 Å². The monoisotopic (exact) mass is 574 g/mol. The minimum Gasteiger partial charge on any atom is -0.487 e. The lowest BCUT2D eigenvalue weighted by Gasteiger charge is -2.34. The van der Waals surface area contributed by atoms with E-state index in [2.05, 4.69) is 10.6 Å². The second kappa shape index (κ2) is 12.1. The van der Waals surface area contributed by atoms with Gasteiger partial charge >= 0.3 is 5.97 Å². The zero-order valence-corrected chi connectivity index (χ0v) is 23.3. The van der Waals surface area contributed by atoms with Crippen molar-refractivity contribution >= 4 is 11.9 Å². The van der Waals surface area contributed by atoms with Crippen LogP contribution in [0.5, 0.6) is 5.75 Å². The fraction of sp³-hybridized carbons (Fsp3) is 0.281. The fourth-order valence-corrected chi connectivity index (χ4v) is 4.98. The second-order valence-electron chi connectivity index (χ2n) is 11.1. The highest BCUT2D eigenvalue weighted by Gasteiger charge is 2.38. The molecule has 4 aromatic rings. The number of carbonyl (C=O) groups excluding carboxylic acids is 1. The van der Waals surface area contributed by atoms with E-state index in [1.807, 2.05) is 30.3 Å². The summed E-state index contributed by atoms with van der Waals surface area (Å²) in [5.74, 6) is -2.11. The number of ether oxygens (including phenoxy) is 1. The molecule has 0 aliphatic carbocycles. The summed E-state index contributed by atoms with van der Waals surface area (Å²) in [6.07, 6.45) is 1.23. The molecule has 0 bridgehead atoms. The molecule has 1 aliphatic rings. The third kappa shape index (κ3) is 6.49. The van der Waals surface area contributed by atoms with Crippen LogP contribution in [0.3, 0.4) is 0 Å². The lowest BCUT2D eigenvalue weighted by Crippen LogP contribution is -2.50. The Kier molecular flexibility index (Phi) is 8.35. The van der Waals surface area contributed by atoms with Crippen molar-refractivity contribution in [3.63, 3.8) is 0 Å². The van der Waals surface area contributed by atoms with E-state index in [9.17, 15) is 23.5 Å². The number of hydrogen-bond acceptors (Lipinski definition) is 5. The van der Waals surface area contributed by atoms with Gasteiger partial charge in [-0.3, -0.25) is 9.59 Å². The Hall–Kier alpha value is -4.57. The number of aromatic nitrogens is 2. The maximum atomic E-state index is 14.9. The van der Waals surface area contributed by atoms with Crippen LogP contribution in [0.4, 0.5) is 8.78 Å². The molecule has 10 heteroatoms. The molecule has 0 radical (unpaired) electrons. The molecule has 1 unspecified atom stereocenters. The molecular weight excluding hydrogens is 542 g/mol. The van der Waals surface area contributed by atoms with Crippen LogP contribution in [0.15, 0.2) is 79.0 Å². The van der Waals surface area contributed by atoms with Gasteiger partial charge in [-0.15, -0.1) is 0 Å². The minimum absolute atomic E-state index is 0.0444. The molecule has 1 fully saturated rings. The van der Waals surface area contributed by atoms with Gasteiger partial charge in [0.2, 0.25) is 0 Å². The number of benzene rings is 3. The van der Waals surface area contributed by atoms with Crippen LogP contribution in [0.1, 0.15) is 48.1 Å². The Bertz CT molecular complexity index is 1580. The number of rotatable bonds is 11. The van der Waals surface area contributed by atoms with Crippen LogP contribution >= 0.6 is 0 Å². The Morgan fingerprint density at radius 2 is 1.81 bits per heavy atom. The predicted octanol–water partition coefficient (Wildman–Crippen LogP) is 5.20. The van der Waals surface area contributed by atoms with Gasteiger partial charge in [-0.05, 0) is 35.9 Å². The van der Waals surface area contributed by atoms with Crippen LogP contribution in [0, 0.1) is 17.0 Å². The summed E-state index contributed by atoms with van der Waals surface area (Å²) in [4.78, 5) is 30.5. The Labute approximate surface area is 242 Å². The first-order valence-electron chi connectivity index (χ1n) is 13.7. The molecule has 0 saturated carbocycles. The van der Waals surface area contributed by atoms with E-state index >= 15 is 0 Å². The highest BCUT2D eigenvalue weighted by atomic mass is 19.1. The third-order valence-corrected chi connectivity index (χ3v) is 7.30. The van der Waals surface area contributed by atoms with Crippen molar-refractivity contribution in [3.05, 3.63) is 108 Å². The first-order valence-corrected chi connectivity index (χ1v) is 13.7. The van der Waals surface area contributed by atoms with E-state index < -0.39 is 35.0 Å². The lowest BCUT2D eigenvalue weighted by molar-refractivity contribution is -0.139. The van der Waals surface area contributed by atoms with E-state index in [1.165, 1.54) is 0 Å². The molecule has 218 valence electrons. The van der Waals surface area contributed by atoms with E-state index in [4.69, 9.17) is 9.72 Å². The van der Waals surface area contributed by atoms with E-state index in [0.717, 1.165) is 23.8 Å². The second-order valence-corrected chi connectivity index (χ2v) is 11.1. The SMILES string of the molecule is CC(C)(CC(=O)O)C(NC(=O)c1ccccc1OC1CNC1)c1nc(-c2cc(F)ccc2F)cn1Cc1ccccc1. The zero-order chi connectivity index (χ0) is 29.9. The van der Waals surface area contributed by atoms with Gasteiger partial charge in [0.15, 0.2) is 0 Å². The number of nitrogens with one attached hydrogen (secondary N) is 2. The van der Waals surface area contributed by atoms with Crippen LogP contribution in [0.2, 0.25) is 0 Å². The highest BCUT2D eigenvalue weighted by molar-refractivity contribution is 5.97. The molecule has 1 saturated heterocycles. The Morgan fingerprint density at radius 3 is 2.50 bits per heavy atom. The van der Waals surface area contributed by atoms with Gasteiger partial charge < -0.3 is 25.0 Å². The van der Waals surface area contributed by atoms with Crippen molar-refractivity contribution in [1.29, 1.82) is 0 Å². The summed E-state index contributed by atoms with van der Waals surface area (Å²) >= 11 is 0. The number of aliphatic carboxylic acids is 1. The van der Waals surface area contributed by atoms with Gasteiger partial charge in [-0.2, -0.15) is 0 Å². The molecule has 2 heterocycles. The summed E-state index contributed by atoms with van der Waals surface area (Å²) in [5, 5.41) is 15.9. The fourth-order valence-electron chi connectivity index (χ4n) is 4.98. The molecule has 5 rings (SSSR count). The molecule has 8 nitrogen and oxygen atoms in total. The van der Waals surface area contributed by atoms with E-state index in [1.54, 1.807) is 48.9 Å². The van der Waals surface area contributed by atoms with Gasteiger partial charge in [-0.1, -0.05) is 56.3 Å². The smallest absolute Gasteiger partial charge is 0.303 e. The number of imidazole rings is 1. The average molecular weight is 575 g/mol. The number of nitrogens with zero attached hydrogens (tertiary/aromatic N) is 2. The average Bonchev–Trinajstić information content (AvgIpc) is 3.33. The minimum atomic E-state index is -1.06. The number of carbonyl (C=O) groups is 2. The maximum Gasteiger partial charge on any atom is 0.303 e. The number of hydrogen-bond donors (Lipinski definition) is 3. The first kappa shape index (κ1) is 28.9. The predicted molar refractivity (Wildman–Crippen MR) is 153 cm³/mol. The molecule has 0 spiro atoms. The zero-order valence-electron chi connectivity index (χ0n) is 23.3. The summed E-state index contributed by atoms with van der Waals surface area (Å²) in [6.45, 7) is 5.07. The summed E-state index contributed by atoms with van der Waals surface area (Å²) in [6, 6.07) is 18.5. The summed E-state index contributed by atoms with van der Waals surface area (Å²) < 4.78 is 36.8. The number of para-hydroxylation sites is 1. The number of carboxylic acid groups (broad SMARTS) is 1. The van der Waals surface area contributed by atoms with Crippen LogP contribution in [0.25, 0.3) is 11.3 Å². The highest BCUT2D eigenvalue weighted by Crippen LogP contribution is 2.38. The molecule has 1 aromatic heterocycles. The lowest BCUT2D eigenvalue weighted by atomic mass is 9.80. The van der Waals surface area contributed by atoms with Crippen LogP contribution in [-0.4, -0.2) is 45.7 Å². The normalized spacial score (nSPS) is 14.2. The molecule has 1 amide bonds. The first-order chi connectivity index (χ1) is 20.1. The van der Waals surface area contributed by atoms with Crippen molar-refractivity contribution in [2.75, 3.05) is 13.1 Å². The van der Waals surface area contributed by atoms with Gasteiger partial charge in [-0.25, -0.2) is 13.8 Å². The van der Waals surface area contributed by atoms with Crippen molar-refractivity contribution in [1.82, 2.24) is 20.2 Å². The van der Waals surface area contributed by atoms with E-state index in [0.29, 0.717) is 31.2 Å².